The van der Waals surface area contributed by atoms with Gasteiger partial charge in [0.25, 0.3) is 5.91 Å². The van der Waals surface area contributed by atoms with Crippen LogP contribution >= 0.6 is 0 Å². The summed E-state index contributed by atoms with van der Waals surface area (Å²) in [6, 6.07) is 11.2. The molecule has 0 aliphatic carbocycles. The maximum Gasteiger partial charge on any atom is 0.253 e. The predicted octanol–water partition coefficient (Wildman–Crippen LogP) is 2.38. The molecule has 0 fully saturated rings. The van der Waals surface area contributed by atoms with Gasteiger partial charge in [-0.15, -0.1) is 0 Å². The maximum absolute atomic E-state index is 12.2. The van der Waals surface area contributed by atoms with Crippen LogP contribution in [-0.2, 0) is 6.54 Å². The first-order valence-electron chi connectivity index (χ1n) is 8.35. The zero-order chi connectivity index (χ0) is 18.1. The fraction of sp³-hybridized carbons (Fsp3) is 0.368. The number of nitrogens with zero attached hydrogens (tertiary/aromatic N) is 2. The summed E-state index contributed by atoms with van der Waals surface area (Å²) in [4.78, 5) is 18.7. The first-order valence-corrected chi connectivity index (χ1v) is 8.35. The van der Waals surface area contributed by atoms with E-state index < -0.39 is 0 Å². The standard InChI is InChI=1S/C19H26N4O2/c1-23(2)12-6-11-20-18-10-9-16(14-21-18)19(24)22-13-15-7-4-5-8-17(15)25-3/h4-5,7-10,14H,6,11-13H2,1-3H3,(H,20,21)(H,22,24). The minimum absolute atomic E-state index is 0.155. The molecule has 1 heterocycles. The largest absolute Gasteiger partial charge is 0.496 e. The highest BCUT2D eigenvalue weighted by molar-refractivity contribution is 5.94. The first-order chi connectivity index (χ1) is 12.1. The number of para-hydroxylation sites is 1. The Bertz CT molecular complexity index is 671. The molecule has 2 N–H and O–H groups in total. The van der Waals surface area contributed by atoms with Gasteiger partial charge in [-0.3, -0.25) is 4.79 Å². The third kappa shape index (κ3) is 6.08. The number of aromatic nitrogens is 1. The van der Waals surface area contributed by atoms with Crippen LogP contribution in [0.5, 0.6) is 5.75 Å². The number of pyridine rings is 1. The normalized spacial score (nSPS) is 10.6. The van der Waals surface area contributed by atoms with Crippen molar-refractivity contribution in [2.75, 3.05) is 39.6 Å². The lowest BCUT2D eigenvalue weighted by Gasteiger charge is -2.11. The van der Waals surface area contributed by atoms with Crippen molar-refractivity contribution in [3.63, 3.8) is 0 Å². The lowest BCUT2D eigenvalue weighted by atomic mass is 10.2. The quantitative estimate of drug-likeness (QED) is 0.685. The molecule has 0 unspecified atom stereocenters. The Morgan fingerprint density at radius 2 is 2.00 bits per heavy atom. The summed E-state index contributed by atoms with van der Waals surface area (Å²) in [6.07, 6.45) is 2.63. The van der Waals surface area contributed by atoms with Gasteiger partial charge in [-0.25, -0.2) is 4.98 Å². The smallest absolute Gasteiger partial charge is 0.253 e. The minimum atomic E-state index is -0.155. The number of benzene rings is 1. The second kappa shape index (κ2) is 9.64. The highest BCUT2D eigenvalue weighted by atomic mass is 16.5. The maximum atomic E-state index is 12.2. The molecule has 1 aromatic carbocycles. The van der Waals surface area contributed by atoms with E-state index in [1.165, 1.54) is 0 Å². The number of ether oxygens (including phenoxy) is 1. The van der Waals surface area contributed by atoms with Crippen LogP contribution in [0.25, 0.3) is 0 Å². The Hall–Kier alpha value is -2.60. The van der Waals surface area contributed by atoms with Crippen LogP contribution in [-0.4, -0.2) is 50.1 Å². The van der Waals surface area contributed by atoms with E-state index in [4.69, 9.17) is 4.74 Å². The van der Waals surface area contributed by atoms with Gasteiger partial charge in [0.2, 0.25) is 0 Å². The van der Waals surface area contributed by atoms with Gasteiger partial charge in [-0.2, -0.15) is 0 Å². The summed E-state index contributed by atoms with van der Waals surface area (Å²) >= 11 is 0. The van der Waals surface area contributed by atoms with Crippen LogP contribution in [0.4, 0.5) is 5.82 Å². The third-order valence-electron chi connectivity index (χ3n) is 3.75. The van der Waals surface area contributed by atoms with Crippen LogP contribution in [0.15, 0.2) is 42.6 Å². The summed E-state index contributed by atoms with van der Waals surface area (Å²) in [7, 11) is 5.72. The monoisotopic (exact) mass is 342 g/mol. The van der Waals surface area contributed by atoms with Gasteiger partial charge in [-0.1, -0.05) is 18.2 Å². The zero-order valence-corrected chi connectivity index (χ0v) is 15.1. The SMILES string of the molecule is COc1ccccc1CNC(=O)c1ccc(NCCCN(C)C)nc1. The molecule has 1 aromatic heterocycles. The fourth-order valence-corrected chi connectivity index (χ4v) is 2.37. The second-order valence-corrected chi connectivity index (χ2v) is 6.01. The average molecular weight is 342 g/mol. The number of nitrogens with one attached hydrogen (secondary N) is 2. The summed E-state index contributed by atoms with van der Waals surface area (Å²) in [5, 5.41) is 6.14. The van der Waals surface area contributed by atoms with Crippen LogP contribution in [0.1, 0.15) is 22.3 Å². The number of rotatable bonds is 9. The Morgan fingerprint density at radius 3 is 2.68 bits per heavy atom. The van der Waals surface area contributed by atoms with E-state index in [-0.39, 0.29) is 5.91 Å². The molecule has 0 saturated carbocycles. The molecule has 0 aliphatic heterocycles. The molecule has 0 aliphatic rings. The van der Waals surface area contributed by atoms with Crippen molar-refractivity contribution in [2.45, 2.75) is 13.0 Å². The average Bonchev–Trinajstić information content (AvgIpc) is 2.64. The molecule has 25 heavy (non-hydrogen) atoms. The van der Waals surface area contributed by atoms with Gasteiger partial charge < -0.3 is 20.3 Å². The van der Waals surface area contributed by atoms with Crippen molar-refractivity contribution in [1.82, 2.24) is 15.2 Å². The lowest BCUT2D eigenvalue weighted by Crippen LogP contribution is -2.23. The van der Waals surface area contributed by atoms with E-state index in [2.05, 4.69) is 34.6 Å². The molecule has 2 aromatic rings. The van der Waals surface area contributed by atoms with Crippen LogP contribution in [0.3, 0.4) is 0 Å². The number of carbonyl (C=O) groups is 1. The Balaban J connectivity index is 1.83. The molecule has 6 heteroatoms. The third-order valence-corrected chi connectivity index (χ3v) is 3.75. The molecule has 134 valence electrons. The molecular formula is C19H26N4O2. The summed E-state index contributed by atoms with van der Waals surface area (Å²) in [6.45, 7) is 2.29. The number of anilines is 1. The molecule has 1 amide bonds. The molecular weight excluding hydrogens is 316 g/mol. The highest BCUT2D eigenvalue weighted by Gasteiger charge is 2.08. The Morgan fingerprint density at radius 1 is 1.20 bits per heavy atom. The summed E-state index contributed by atoms with van der Waals surface area (Å²) in [5.41, 5.74) is 1.47. The second-order valence-electron chi connectivity index (χ2n) is 6.01. The van der Waals surface area contributed by atoms with E-state index in [9.17, 15) is 4.79 Å². The Kier molecular flexibility index (Phi) is 7.22. The van der Waals surface area contributed by atoms with Crippen molar-refractivity contribution >= 4 is 11.7 Å². The van der Waals surface area contributed by atoms with Gasteiger partial charge in [0.1, 0.15) is 11.6 Å². The van der Waals surface area contributed by atoms with Crippen LogP contribution in [0.2, 0.25) is 0 Å². The first kappa shape index (κ1) is 18.7. The number of methoxy groups -OCH3 is 1. The number of carbonyl (C=O) groups excluding carboxylic acids is 1. The van der Waals surface area contributed by atoms with Gasteiger partial charge >= 0.3 is 0 Å². The minimum Gasteiger partial charge on any atom is -0.496 e. The lowest BCUT2D eigenvalue weighted by molar-refractivity contribution is 0.0950. The van der Waals surface area contributed by atoms with Gasteiger partial charge in [0, 0.05) is 24.8 Å². The molecule has 2 rings (SSSR count). The van der Waals surface area contributed by atoms with Crippen LogP contribution < -0.4 is 15.4 Å². The van der Waals surface area contributed by atoms with Gasteiger partial charge in [-0.05, 0) is 45.3 Å². The molecule has 0 radical (unpaired) electrons. The molecule has 0 spiro atoms. The number of hydrogen-bond donors (Lipinski definition) is 2. The number of amides is 1. The van der Waals surface area contributed by atoms with Gasteiger partial charge in [0.15, 0.2) is 0 Å². The fourth-order valence-electron chi connectivity index (χ4n) is 2.37. The predicted molar refractivity (Wildman–Crippen MR) is 100 cm³/mol. The molecule has 0 saturated heterocycles. The van der Waals surface area contributed by atoms with Crippen molar-refractivity contribution in [3.8, 4) is 5.75 Å². The zero-order valence-electron chi connectivity index (χ0n) is 15.1. The topological polar surface area (TPSA) is 66.5 Å². The highest BCUT2D eigenvalue weighted by Crippen LogP contribution is 2.17. The van der Waals surface area contributed by atoms with E-state index in [0.717, 1.165) is 36.6 Å². The van der Waals surface area contributed by atoms with Crippen LogP contribution in [0, 0.1) is 0 Å². The molecule has 0 bridgehead atoms. The van der Waals surface area contributed by atoms with Crippen molar-refractivity contribution < 1.29 is 9.53 Å². The van der Waals surface area contributed by atoms with Crippen molar-refractivity contribution in [2.24, 2.45) is 0 Å². The van der Waals surface area contributed by atoms with Crippen molar-refractivity contribution in [3.05, 3.63) is 53.7 Å². The van der Waals surface area contributed by atoms with Gasteiger partial charge in [0.05, 0.1) is 12.7 Å². The molecule has 0 atom stereocenters. The van der Waals surface area contributed by atoms with E-state index in [0.29, 0.717) is 12.1 Å². The summed E-state index contributed by atoms with van der Waals surface area (Å²) < 4.78 is 5.29. The summed E-state index contributed by atoms with van der Waals surface area (Å²) in [5.74, 6) is 1.38. The van der Waals surface area contributed by atoms with E-state index >= 15 is 0 Å². The molecule has 6 nitrogen and oxygen atoms in total. The van der Waals surface area contributed by atoms with E-state index in [1.54, 1.807) is 19.4 Å². The number of hydrogen-bond acceptors (Lipinski definition) is 5. The Labute approximate surface area is 149 Å². The van der Waals surface area contributed by atoms with Crippen molar-refractivity contribution in [1.29, 1.82) is 0 Å². The van der Waals surface area contributed by atoms with E-state index in [1.807, 2.05) is 30.3 Å².